The fourth-order valence-electron chi connectivity index (χ4n) is 2.18. The Kier molecular flexibility index (Phi) is 6.22. The molecule has 0 fully saturated rings. The van der Waals surface area contributed by atoms with E-state index in [1.807, 2.05) is 0 Å². The zero-order valence-electron chi connectivity index (χ0n) is 14.4. The van der Waals surface area contributed by atoms with Crippen molar-refractivity contribution >= 4 is 15.9 Å². The minimum absolute atomic E-state index is 0.0674. The number of ether oxygens (including phenoxy) is 1. The molecule has 2 aromatic rings. The van der Waals surface area contributed by atoms with E-state index in [-0.39, 0.29) is 17.4 Å². The first-order chi connectivity index (χ1) is 11.8. The molecule has 2 N–H and O–H groups in total. The van der Waals surface area contributed by atoms with E-state index in [9.17, 15) is 13.2 Å². The molecular formula is C17H22N2O5S. The average Bonchev–Trinajstić information content (AvgIpc) is 3.11. The molecule has 0 radical (unpaired) electrons. The molecule has 136 valence electrons. The lowest BCUT2D eigenvalue weighted by atomic mass is 10.1. The van der Waals surface area contributed by atoms with Crippen molar-refractivity contribution < 1.29 is 22.4 Å². The maximum atomic E-state index is 12.5. The molecule has 0 saturated heterocycles. The molecule has 8 heteroatoms. The normalized spacial score (nSPS) is 12.8. The number of rotatable bonds is 8. The maximum absolute atomic E-state index is 12.5. The number of hydrogen-bond donors (Lipinski definition) is 2. The lowest BCUT2D eigenvalue weighted by Gasteiger charge is -2.21. The zero-order chi connectivity index (χ0) is 18.4. The molecule has 2 rings (SSSR count). The molecule has 7 nitrogen and oxygen atoms in total. The van der Waals surface area contributed by atoms with Crippen molar-refractivity contribution in [2.24, 2.45) is 5.92 Å². The Morgan fingerprint density at radius 1 is 1.20 bits per heavy atom. The van der Waals surface area contributed by atoms with E-state index < -0.39 is 22.0 Å². The third kappa shape index (κ3) is 5.07. The van der Waals surface area contributed by atoms with Gasteiger partial charge in [0.15, 0.2) is 0 Å². The first-order valence-electron chi connectivity index (χ1n) is 7.80. The molecule has 1 amide bonds. The molecule has 1 aromatic carbocycles. The summed E-state index contributed by atoms with van der Waals surface area (Å²) in [5, 5.41) is 2.68. The Hall–Kier alpha value is -2.32. The number of benzene rings is 1. The number of hydrogen-bond acceptors (Lipinski definition) is 5. The third-order valence-corrected chi connectivity index (χ3v) is 5.07. The van der Waals surface area contributed by atoms with Gasteiger partial charge in [0, 0.05) is 0 Å². The SMILES string of the molecule is COc1ccc(S(=O)(=O)N[C@@H](C(=O)NCc2ccco2)C(C)C)cc1. The average molecular weight is 366 g/mol. The van der Waals surface area contributed by atoms with E-state index in [0.29, 0.717) is 11.5 Å². The minimum Gasteiger partial charge on any atom is -0.497 e. The van der Waals surface area contributed by atoms with Gasteiger partial charge < -0.3 is 14.5 Å². The molecule has 1 heterocycles. The van der Waals surface area contributed by atoms with Gasteiger partial charge in [-0.05, 0) is 42.3 Å². The highest BCUT2D eigenvalue weighted by Gasteiger charge is 2.28. The summed E-state index contributed by atoms with van der Waals surface area (Å²) >= 11 is 0. The maximum Gasteiger partial charge on any atom is 0.241 e. The molecule has 0 unspecified atom stereocenters. The number of amides is 1. The number of carbonyl (C=O) groups excluding carboxylic acids is 1. The summed E-state index contributed by atoms with van der Waals surface area (Å²) in [6.07, 6.45) is 1.51. The van der Waals surface area contributed by atoms with Gasteiger partial charge in [-0.1, -0.05) is 13.8 Å². The third-order valence-electron chi connectivity index (χ3n) is 3.62. The molecule has 0 spiro atoms. The van der Waals surface area contributed by atoms with Crippen molar-refractivity contribution in [1.29, 1.82) is 0 Å². The van der Waals surface area contributed by atoms with Crippen LogP contribution in [0.4, 0.5) is 0 Å². The molecule has 25 heavy (non-hydrogen) atoms. The van der Waals surface area contributed by atoms with E-state index in [4.69, 9.17) is 9.15 Å². The van der Waals surface area contributed by atoms with Crippen LogP contribution in [0.2, 0.25) is 0 Å². The lowest BCUT2D eigenvalue weighted by Crippen LogP contribution is -2.49. The van der Waals surface area contributed by atoms with E-state index in [1.165, 1.54) is 25.5 Å². The Labute approximate surface area is 147 Å². The standard InChI is InChI=1S/C17H22N2O5S/c1-12(2)16(17(20)18-11-14-5-4-10-24-14)19-25(21,22)15-8-6-13(23-3)7-9-15/h4-10,12,16,19H,11H2,1-3H3,(H,18,20)/t16-/m1/s1. The van der Waals surface area contributed by atoms with Crippen LogP contribution in [0.3, 0.4) is 0 Å². The Balaban J connectivity index is 2.09. The van der Waals surface area contributed by atoms with E-state index in [0.717, 1.165) is 0 Å². The van der Waals surface area contributed by atoms with Crippen LogP contribution in [0.5, 0.6) is 5.75 Å². The van der Waals surface area contributed by atoms with Crippen LogP contribution in [0.25, 0.3) is 0 Å². The number of furan rings is 1. The summed E-state index contributed by atoms with van der Waals surface area (Å²) in [5.41, 5.74) is 0. The fraction of sp³-hybridized carbons (Fsp3) is 0.353. The van der Waals surface area contributed by atoms with Crippen molar-refractivity contribution in [3.8, 4) is 5.75 Å². The van der Waals surface area contributed by atoms with E-state index in [2.05, 4.69) is 10.0 Å². The van der Waals surface area contributed by atoms with Crippen molar-refractivity contribution in [3.63, 3.8) is 0 Å². The molecule has 0 aliphatic rings. The highest BCUT2D eigenvalue weighted by molar-refractivity contribution is 7.89. The Morgan fingerprint density at radius 2 is 1.88 bits per heavy atom. The number of carbonyl (C=O) groups is 1. The molecule has 0 saturated carbocycles. The van der Waals surface area contributed by atoms with Crippen LogP contribution in [0.1, 0.15) is 19.6 Å². The number of methoxy groups -OCH3 is 1. The van der Waals surface area contributed by atoms with Gasteiger partial charge in [0.1, 0.15) is 17.6 Å². The predicted molar refractivity (Wildman–Crippen MR) is 92.5 cm³/mol. The van der Waals surface area contributed by atoms with E-state index >= 15 is 0 Å². The fourth-order valence-corrected chi connectivity index (χ4v) is 3.52. The summed E-state index contributed by atoms with van der Waals surface area (Å²) in [6.45, 7) is 3.74. The van der Waals surface area contributed by atoms with Crippen LogP contribution in [0, 0.1) is 5.92 Å². The summed E-state index contributed by atoms with van der Waals surface area (Å²) in [6, 6.07) is 8.51. The summed E-state index contributed by atoms with van der Waals surface area (Å²) in [5.74, 6) is 0.498. The monoisotopic (exact) mass is 366 g/mol. The molecular weight excluding hydrogens is 344 g/mol. The molecule has 0 aliphatic carbocycles. The molecule has 0 bridgehead atoms. The quantitative estimate of drug-likeness (QED) is 0.744. The minimum atomic E-state index is -3.84. The van der Waals surface area contributed by atoms with Crippen LogP contribution in [0.15, 0.2) is 52.0 Å². The van der Waals surface area contributed by atoms with Crippen LogP contribution < -0.4 is 14.8 Å². The second kappa shape index (κ2) is 8.17. The lowest BCUT2D eigenvalue weighted by molar-refractivity contribution is -0.123. The summed E-state index contributed by atoms with van der Waals surface area (Å²) in [4.78, 5) is 12.5. The largest absolute Gasteiger partial charge is 0.497 e. The van der Waals surface area contributed by atoms with Gasteiger partial charge in [-0.15, -0.1) is 0 Å². The van der Waals surface area contributed by atoms with Gasteiger partial charge in [-0.25, -0.2) is 8.42 Å². The first-order valence-corrected chi connectivity index (χ1v) is 9.28. The van der Waals surface area contributed by atoms with Crippen molar-refractivity contribution in [2.75, 3.05) is 7.11 Å². The Morgan fingerprint density at radius 3 is 2.40 bits per heavy atom. The molecule has 1 aromatic heterocycles. The van der Waals surface area contributed by atoms with Gasteiger partial charge in [0.25, 0.3) is 0 Å². The van der Waals surface area contributed by atoms with Gasteiger partial charge in [-0.3, -0.25) is 4.79 Å². The van der Waals surface area contributed by atoms with Gasteiger partial charge in [0.2, 0.25) is 15.9 Å². The van der Waals surface area contributed by atoms with Crippen LogP contribution in [-0.2, 0) is 21.4 Å². The first kappa shape index (κ1) is 19.0. The summed E-state index contributed by atoms with van der Waals surface area (Å²) < 4.78 is 37.7. The van der Waals surface area contributed by atoms with Crippen LogP contribution in [-0.4, -0.2) is 27.5 Å². The second-order valence-corrected chi connectivity index (χ2v) is 7.53. The second-order valence-electron chi connectivity index (χ2n) is 5.82. The van der Waals surface area contributed by atoms with Gasteiger partial charge in [0.05, 0.1) is 24.8 Å². The molecule has 0 aliphatic heterocycles. The van der Waals surface area contributed by atoms with Crippen molar-refractivity contribution in [3.05, 3.63) is 48.4 Å². The number of sulfonamides is 1. The van der Waals surface area contributed by atoms with Gasteiger partial charge in [-0.2, -0.15) is 4.72 Å². The highest BCUT2D eigenvalue weighted by atomic mass is 32.2. The topological polar surface area (TPSA) is 97.6 Å². The van der Waals surface area contributed by atoms with E-state index in [1.54, 1.807) is 38.1 Å². The molecule has 1 atom stereocenters. The highest BCUT2D eigenvalue weighted by Crippen LogP contribution is 2.17. The van der Waals surface area contributed by atoms with Crippen molar-refractivity contribution in [1.82, 2.24) is 10.0 Å². The van der Waals surface area contributed by atoms with Crippen LogP contribution >= 0.6 is 0 Å². The smallest absolute Gasteiger partial charge is 0.241 e. The Bertz CT molecular complexity index is 783. The zero-order valence-corrected chi connectivity index (χ0v) is 15.2. The van der Waals surface area contributed by atoms with Crippen molar-refractivity contribution in [2.45, 2.75) is 31.3 Å². The predicted octanol–water partition coefficient (Wildman–Crippen LogP) is 1.91. The van der Waals surface area contributed by atoms with Gasteiger partial charge >= 0.3 is 0 Å². The number of nitrogens with one attached hydrogen (secondary N) is 2. The summed E-state index contributed by atoms with van der Waals surface area (Å²) in [7, 11) is -2.34.